The van der Waals surface area contributed by atoms with Gasteiger partial charge in [-0.2, -0.15) is 0 Å². The lowest BCUT2D eigenvalue weighted by Gasteiger charge is -2.17. The molecule has 1 fully saturated rings. The third-order valence-corrected chi connectivity index (χ3v) is 6.56. The Morgan fingerprint density at radius 1 is 1.09 bits per heavy atom. The maximum atomic E-state index is 12.5. The Kier molecular flexibility index (Phi) is 7.41. The third kappa shape index (κ3) is 6.21. The molecule has 0 radical (unpaired) electrons. The second-order valence-corrected chi connectivity index (χ2v) is 9.49. The second-order valence-electron chi connectivity index (χ2n) is 7.54. The van der Waals surface area contributed by atoms with Crippen LogP contribution in [0.2, 0.25) is 0 Å². The molecule has 2 N–H and O–H groups in total. The van der Waals surface area contributed by atoms with Crippen LogP contribution in [0.15, 0.2) is 70.5 Å². The normalized spacial score (nSPS) is 15.4. The number of halogens is 1. The van der Waals surface area contributed by atoms with E-state index in [0.717, 1.165) is 9.35 Å². The molecule has 0 aliphatic carbocycles. The fraction of sp³-hybridized carbons (Fsp3) is 0.208. The number of hydrogen-bond acceptors (Lipinski definition) is 5. The topological polar surface area (TPSA) is 87.7 Å². The van der Waals surface area contributed by atoms with Gasteiger partial charge in [0.1, 0.15) is 5.75 Å². The molecule has 3 aromatic rings. The summed E-state index contributed by atoms with van der Waals surface area (Å²) in [5.74, 6) is -0.338. The first-order chi connectivity index (χ1) is 16.0. The average Bonchev–Trinajstić information content (AvgIpc) is 3.48. The molecule has 2 heterocycles. The smallest absolute Gasteiger partial charge is 0.262 e. The minimum absolute atomic E-state index is 0.0891. The molecule has 1 atom stereocenters. The van der Waals surface area contributed by atoms with E-state index < -0.39 is 0 Å². The minimum atomic E-state index is -0.379. The van der Waals surface area contributed by atoms with Crippen LogP contribution in [-0.4, -0.2) is 30.9 Å². The van der Waals surface area contributed by atoms with Crippen LogP contribution < -0.4 is 20.3 Å². The lowest BCUT2D eigenvalue weighted by atomic mass is 10.1. The van der Waals surface area contributed by atoms with Crippen molar-refractivity contribution in [1.82, 2.24) is 5.32 Å². The summed E-state index contributed by atoms with van der Waals surface area (Å²) in [5.41, 5.74) is 1.38. The summed E-state index contributed by atoms with van der Waals surface area (Å²) in [6.07, 6.45) is 0.185. The zero-order valence-corrected chi connectivity index (χ0v) is 20.0. The van der Waals surface area contributed by atoms with Gasteiger partial charge in [0.25, 0.3) is 5.91 Å². The van der Waals surface area contributed by atoms with Gasteiger partial charge in [0, 0.05) is 33.7 Å². The van der Waals surface area contributed by atoms with Gasteiger partial charge in [0.15, 0.2) is 6.61 Å². The van der Waals surface area contributed by atoms with Gasteiger partial charge in [-0.3, -0.25) is 14.4 Å². The number of benzene rings is 2. The number of carbonyl (C=O) groups is 3. The average molecular weight is 528 g/mol. The number of nitrogens with zero attached hydrogens (tertiary/aromatic N) is 1. The Morgan fingerprint density at radius 3 is 2.55 bits per heavy atom. The third-order valence-electron chi connectivity index (χ3n) is 5.16. The number of ether oxygens (including phenoxy) is 1. The van der Waals surface area contributed by atoms with Crippen LogP contribution in [0.1, 0.15) is 11.3 Å². The molecule has 0 unspecified atom stereocenters. The fourth-order valence-corrected chi connectivity index (χ4v) is 4.37. The molecule has 1 saturated heterocycles. The molecule has 3 amide bonds. The lowest BCUT2D eigenvalue weighted by molar-refractivity contribution is -0.126. The quantitative estimate of drug-likeness (QED) is 0.459. The van der Waals surface area contributed by atoms with Gasteiger partial charge in [-0.1, -0.05) is 22.0 Å². The zero-order valence-electron chi connectivity index (χ0n) is 17.6. The van der Waals surface area contributed by atoms with Crippen molar-refractivity contribution in [3.63, 3.8) is 0 Å². The number of hydrogen-bond donors (Lipinski definition) is 2. The largest absolute Gasteiger partial charge is 0.484 e. The molecular weight excluding hydrogens is 506 g/mol. The number of rotatable bonds is 8. The standard InChI is InChI=1S/C24H22BrN3O4S/c25-17-3-5-18(6-4-17)27-22(29)15-32-20-9-7-19(8-10-20)28-14-16(12-23(28)30)24(31)26-13-21-2-1-11-33-21/h1-11,16H,12-15H2,(H,26,31)(H,27,29)/t16-/m0/s1. The summed E-state index contributed by atoms with van der Waals surface area (Å²) in [6, 6.07) is 18.1. The van der Waals surface area contributed by atoms with Crippen LogP contribution in [0.3, 0.4) is 0 Å². The maximum absolute atomic E-state index is 12.5. The predicted molar refractivity (Wildman–Crippen MR) is 131 cm³/mol. The second kappa shape index (κ2) is 10.6. The number of nitrogens with one attached hydrogen (secondary N) is 2. The van der Waals surface area contributed by atoms with Crippen LogP contribution in [0.25, 0.3) is 0 Å². The van der Waals surface area contributed by atoms with Gasteiger partial charge in [-0.05, 0) is 60.0 Å². The SMILES string of the molecule is O=C(COc1ccc(N2C[C@@H](C(=O)NCc3cccs3)CC2=O)cc1)Nc1ccc(Br)cc1. The highest BCUT2D eigenvalue weighted by Crippen LogP contribution is 2.27. The van der Waals surface area contributed by atoms with Crippen LogP contribution in [-0.2, 0) is 20.9 Å². The van der Waals surface area contributed by atoms with E-state index in [0.29, 0.717) is 30.2 Å². The van der Waals surface area contributed by atoms with E-state index in [2.05, 4.69) is 26.6 Å². The van der Waals surface area contributed by atoms with E-state index in [1.165, 1.54) is 0 Å². The summed E-state index contributed by atoms with van der Waals surface area (Å²) >= 11 is 4.93. The Hall–Kier alpha value is -3.17. The van der Waals surface area contributed by atoms with Crippen LogP contribution in [0, 0.1) is 5.92 Å². The molecule has 33 heavy (non-hydrogen) atoms. The highest BCUT2D eigenvalue weighted by atomic mass is 79.9. The highest BCUT2D eigenvalue weighted by molar-refractivity contribution is 9.10. The molecule has 2 aromatic carbocycles. The Bertz CT molecular complexity index is 1120. The van der Waals surface area contributed by atoms with Crippen molar-refractivity contribution < 1.29 is 19.1 Å². The summed E-state index contributed by atoms with van der Waals surface area (Å²) < 4.78 is 6.48. The molecule has 1 aliphatic heterocycles. The Labute approximate surface area is 203 Å². The Balaban J connectivity index is 1.26. The van der Waals surface area contributed by atoms with E-state index in [9.17, 15) is 14.4 Å². The van der Waals surface area contributed by atoms with E-state index >= 15 is 0 Å². The molecule has 1 aromatic heterocycles. The number of carbonyl (C=O) groups excluding carboxylic acids is 3. The molecule has 1 aliphatic rings. The Morgan fingerprint density at radius 2 is 1.85 bits per heavy atom. The maximum Gasteiger partial charge on any atom is 0.262 e. The van der Waals surface area contributed by atoms with E-state index in [1.807, 2.05) is 29.6 Å². The molecule has 170 valence electrons. The van der Waals surface area contributed by atoms with Gasteiger partial charge in [0.05, 0.1) is 12.5 Å². The molecule has 0 saturated carbocycles. The lowest BCUT2D eigenvalue weighted by Crippen LogP contribution is -2.32. The van der Waals surface area contributed by atoms with Crippen molar-refractivity contribution in [2.45, 2.75) is 13.0 Å². The van der Waals surface area contributed by atoms with Crippen molar-refractivity contribution in [1.29, 1.82) is 0 Å². The molecule has 7 nitrogen and oxygen atoms in total. The summed E-state index contributed by atoms with van der Waals surface area (Å²) in [5, 5.41) is 7.63. The first-order valence-electron chi connectivity index (χ1n) is 10.4. The van der Waals surface area contributed by atoms with Crippen molar-refractivity contribution in [2.24, 2.45) is 5.92 Å². The van der Waals surface area contributed by atoms with Crippen molar-refractivity contribution in [2.75, 3.05) is 23.4 Å². The van der Waals surface area contributed by atoms with Crippen molar-refractivity contribution in [3.05, 3.63) is 75.4 Å². The van der Waals surface area contributed by atoms with Gasteiger partial charge in [-0.15, -0.1) is 11.3 Å². The van der Waals surface area contributed by atoms with E-state index in [1.54, 1.807) is 52.6 Å². The molecule has 9 heteroatoms. The van der Waals surface area contributed by atoms with Crippen molar-refractivity contribution in [3.8, 4) is 5.75 Å². The fourth-order valence-electron chi connectivity index (χ4n) is 3.47. The van der Waals surface area contributed by atoms with Gasteiger partial charge >= 0.3 is 0 Å². The predicted octanol–water partition coefficient (Wildman–Crippen LogP) is 4.20. The summed E-state index contributed by atoms with van der Waals surface area (Å²) in [6.45, 7) is 0.679. The highest BCUT2D eigenvalue weighted by Gasteiger charge is 2.35. The van der Waals surface area contributed by atoms with Crippen LogP contribution in [0.4, 0.5) is 11.4 Å². The first kappa shape index (κ1) is 23.0. The van der Waals surface area contributed by atoms with Gasteiger partial charge < -0.3 is 20.3 Å². The first-order valence-corrected chi connectivity index (χ1v) is 12.0. The van der Waals surface area contributed by atoms with E-state index in [4.69, 9.17) is 4.74 Å². The van der Waals surface area contributed by atoms with Crippen molar-refractivity contribution >= 4 is 56.4 Å². The molecule has 0 bridgehead atoms. The molecule has 0 spiro atoms. The molecular formula is C24H22BrN3O4S. The number of amides is 3. The summed E-state index contributed by atoms with van der Waals surface area (Å²) in [7, 11) is 0. The number of thiophene rings is 1. The van der Waals surface area contributed by atoms with Crippen LogP contribution >= 0.6 is 27.3 Å². The van der Waals surface area contributed by atoms with Gasteiger partial charge in [-0.25, -0.2) is 0 Å². The van der Waals surface area contributed by atoms with Gasteiger partial charge in [0.2, 0.25) is 11.8 Å². The summed E-state index contributed by atoms with van der Waals surface area (Å²) in [4.78, 5) is 39.7. The van der Waals surface area contributed by atoms with E-state index in [-0.39, 0.29) is 36.7 Å². The van der Waals surface area contributed by atoms with Crippen LogP contribution in [0.5, 0.6) is 5.75 Å². The minimum Gasteiger partial charge on any atom is -0.484 e. The zero-order chi connectivity index (χ0) is 23.2. The number of anilines is 2. The molecule has 4 rings (SSSR count). The monoisotopic (exact) mass is 527 g/mol.